The maximum atomic E-state index is 10.3. The molecule has 0 aromatic rings. The zero-order valence-electron chi connectivity index (χ0n) is 7.62. The Morgan fingerprint density at radius 3 is 2.54 bits per heavy atom. The summed E-state index contributed by atoms with van der Waals surface area (Å²) in [6, 6.07) is 0.145. The van der Waals surface area contributed by atoms with Gasteiger partial charge < -0.3 is 10.4 Å². The maximum absolute atomic E-state index is 10.3. The van der Waals surface area contributed by atoms with Crippen molar-refractivity contribution in [3.05, 3.63) is 0 Å². The summed E-state index contributed by atoms with van der Waals surface area (Å²) in [6.45, 7) is 0. The molecule has 0 aliphatic heterocycles. The fraction of sp³-hybridized carbons (Fsp3) is 0.700. The molecule has 0 atom stereocenters. The number of rotatable bonds is 2. The van der Waals surface area contributed by atoms with E-state index < -0.39 is 6.09 Å². The highest BCUT2D eigenvalue weighted by Crippen LogP contribution is 2.26. The molecule has 1 saturated carbocycles. The lowest BCUT2D eigenvalue weighted by atomic mass is 9.84. The predicted octanol–water partition coefficient (Wildman–Crippen LogP) is 1.84. The van der Waals surface area contributed by atoms with Crippen molar-refractivity contribution in [1.29, 1.82) is 0 Å². The zero-order chi connectivity index (χ0) is 9.68. The third kappa shape index (κ3) is 3.37. The fourth-order valence-corrected chi connectivity index (χ4v) is 1.85. The molecule has 0 saturated heterocycles. The van der Waals surface area contributed by atoms with E-state index in [0.29, 0.717) is 5.92 Å². The van der Waals surface area contributed by atoms with Gasteiger partial charge in [0.1, 0.15) is 0 Å². The van der Waals surface area contributed by atoms with Gasteiger partial charge in [-0.25, -0.2) is 4.79 Å². The molecule has 2 N–H and O–H groups in total. The molecular weight excluding hydrogens is 166 g/mol. The standard InChI is InChI=1S/C10H15NO2/c1-2-3-8-4-6-9(7-5-8)11-10(12)13/h1,8-9,11H,3-7H2,(H,12,13)/t8-,9+. The predicted molar refractivity (Wildman–Crippen MR) is 50.4 cm³/mol. The van der Waals surface area contributed by atoms with Crippen LogP contribution in [-0.2, 0) is 0 Å². The van der Waals surface area contributed by atoms with E-state index in [1.807, 2.05) is 0 Å². The van der Waals surface area contributed by atoms with Crippen LogP contribution in [0.4, 0.5) is 4.79 Å². The normalized spacial score (nSPS) is 27.6. The maximum Gasteiger partial charge on any atom is 0.404 e. The van der Waals surface area contributed by atoms with E-state index >= 15 is 0 Å². The SMILES string of the molecule is C#CC[C@H]1CC[C@@H](NC(=O)O)CC1. The summed E-state index contributed by atoms with van der Waals surface area (Å²) in [5.41, 5.74) is 0. The minimum atomic E-state index is -0.916. The van der Waals surface area contributed by atoms with Crippen LogP contribution in [0.2, 0.25) is 0 Å². The first-order chi connectivity index (χ1) is 6.22. The van der Waals surface area contributed by atoms with Crippen LogP contribution in [0.5, 0.6) is 0 Å². The smallest absolute Gasteiger partial charge is 0.404 e. The molecular formula is C10H15NO2. The molecule has 1 amide bonds. The molecule has 1 rings (SSSR count). The summed E-state index contributed by atoms with van der Waals surface area (Å²) in [5.74, 6) is 3.26. The molecule has 3 nitrogen and oxygen atoms in total. The first-order valence-electron chi connectivity index (χ1n) is 4.65. The van der Waals surface area contributed by atoms with Crippen molar-refractivity contribution >= 4 is 6.09 Å². The van der Waals surface area contributed by atoms with Crippen LogP contribution in [0.3, 0.4) is 0 Å². The lowest BCUT2D eigenvalue weighted by molar-refractivity contribution is 0.182. The highest BCUT2D eigenvalue weighted by Gasteiger charge is 2.21. The van der Waals surface area contributed by atoms with Crippen LogP contribution in [0, 0.1) is 18.3 Å². The monoisotopic (exact) mass is 181 g/mol. The van der Waals surface area contributed by atoms with Crippen molar-refractivity contribution in [2.45, 2.75) is 38.1 Å². The van der Waals surface area contributed by atoms with Crippen LogP contribution < -0.4 is 5.32 Å². The Labute approximate surface area is 78.5 Å². The van der Waals surface area contributed by atoms with E-state index in [4.69, 9.17) is 11.5 Å². The molecule has 0 unspecified atom stereocenters. The molecule has 0 spiro atoms. The zero-order valence-corrected chi connectivity index (χ0v) is 7.62. The second kappa shape index (κ2) is 4.76. The van der Waals surface area contributed by atoms with Gasteiger partial charge in [-0.1, -0.05) is 0 Å². The van der Waals surface area contributed by atoms with Gasteiger partial charge in [0.2, 0.25) is 0 Å². The Hall–Kier alpha value is -1.17. The molecule has 3 heteroatoms. The molecule has 0 heterocycles. The number of amides is 1. The van der Waals surface area contributed by atoms with Crippen LogP contribution in [0.25, 0.3) is 0 Å². The van der Waals surface area contributed by atoms with Crippen molar-refractivity contribution in [1.82, 2.24) is 5.32 Å². The lowest BCUT2D eigenvalue weighted by Crippen LogP contribution is -2.36. The topological polar surface area (TPSA) is 49.3 Å². The van der Waals surface area contributed by atoms with Gasteiger partial charge in [0.25, 0.3) is 0 Å². The number of carboxylic acid groups (broad SMARTS) is 1. The molecule has 0 aromatic carbocycles. The minimum absolute atomic E-state index is 0.145. The van der Waals surface area contributed by atoms with Gasteiger partial charge in [0.05, 0.1) is 0 Å². The Kier molecular flexibility index (Phi) is 3.63. The highest BCUT2D eigenvalue weighted by atomic mass is 16.4. The number of hydrogen-bond donors (Lipinski definition) is 2. The third-order valence-corrected chi connectivity index (χ3v) is 2.58. The number of nitrogens with one attached hydrogen (secondary N) is 1. The van der Waals surface area contributed by atoms with Crippen molar-refractivity contribution < 1.29 is 9.90 Å². The van der Waals surface area contributed by atoms with Gasteiger partial charge in [-0.3, -0.25) is 0 Å². The van der Waals surface area contributed by atoms with Crippen molar-refractivity contribution in [3.8, 4) is 12.3 Å². The van der Waals surface area contributed by atoms with Gasteiger partial charge in [-0.15, -0.1) is 12.3 Å². The highest BCUT2D eigenvalue weighted by molar-refractivity contribution is 5.64. The van der Waals surface area contributed by atoms with E-state index in [-0.39, 0.29) is 6.04 Å². The van der Waals surface area contributed by atoms with E-state index in [9.17, 15) is 4.79 Å². The average molecular weight is 181 g/mol. The first-order valence-corrected chi connectivity index (χ1v) is 4.65. The van der Waals surface area contributed by atoms with Crippen LogP contribution in [0.15, 0.2) is 0 Å². The summed E-state index contributed by atoms with van der Waals surface area (Å²) in [5, 5.41) is 11.0. The fourth-order valence-electron chi connectivity index (χ4n) is 1.85. The number of hydrogen-bond acceptors (Lipinski definition) is 1. The van der Waals surface area contributed by atoms with E-state index in [1.54, 1.807) is 0 Å². The summed E-state index contributed by atoms with van der Waals surface area (Å²) >= 11 is 0. The lowest BCUT2D eigenvalue weighted by Gasteiger charge is -2.27. The van der Waals surface area contributed by atoms with Gasteiger partial charge in [0.15, 0.2) is 0 Å². The second-order valence-corrected chi connectivity index (χ2v) is 3.58. The van der Waals surface area contributed by atoms with Crippen molar-refractivity contribution in [2.24, 2.45) is 5.92 Å². The Morgan fingerprint density at radius 2 is 2.08 bits per heavy atom. The largest absolute Gasteiger partial charge is 0.465 e. The van der Waals surface area contributed by atoms with E-state index in [2.05, 4.69) is 11.2 Å². The summed E-state index contributed by atoms with van der Waals surface area (Å²) < 4.78 is 0. The van der Waals surface area contributed by atoms with Crippen molar-refractivity contribution in [3.63, 3.8) is 0 Å². The van der Waals surface area contributed by atoms with E-state index in [1.165, 1.54) is 0 Å². The molecule has 1 aliphatic rings. The Bertz CT molecular complexity index is 211. The molecule has 0 bridgehead atoms. The van der Waals surface area contributed by atoms with E-state index in [0.717, 1.165) is 32.1 Å². The molecule has 13 heavy (non-hydrogen) atoms. The van der Waals surface area contributed by atoms with Crippen LogP contribution in [0.1, 0.15) is 32.1 Å². The van der Waals surface area contributed by atoms with Gasteiger partial charge in [0, 0.05) is 12.5 Å². The molecule has 0 aromatic heterocycles. The molecule has 72 valence electrons. The van der Waals surface area contributed by atoms with Crippen LogP contribution in [-0.4, -0.2) is 17.2 Å². The quantitative estimate of drug-likeness (QED) is 0.638. The molecule has 1 fully saturated rings. The Morgan fingerprint density at radius 1 is 1.46 bits per heavy atom. The van der Waals surface area contributed by atoms with Gasteiger partial charge in [-0.2, -0.15) is 0 Å². The van der Waals surface area contributed by atoms with Crippen molar-refractivity contribution in [2.75, 3.05) is 0 Å². The third-order valence-electron chi connectivity index (χ3n) is 2.58. The second-order valence-electron chi connectivity index (χ2n) is 3.58. The number of carbonyl (C=O) groups is 1. The first kappa shape index (κ1) is 9.91. The number of terminal acetylenes is 1. The Balaban J connectivity index is 2.23. The summed E-state index contributed by atoms with van der Waals surface area (Å²) in [7, 11) is 0. The summed E-state index contributed by atoms with van der Waals surface area (Å²) in [4.78, 5) is 10.3. The minimum Gasteiger partial charge on any atom is -0.465 e. The van der Waals surface area contributed by atoms with Crippen LogP contribution >= 0.6 is 0 Å². The average Bonchev–Trinajstić information content (AvgIpc) is 2.08. The van der Waals surface area contributed by atoms with Gasteiger partial charge >= 0.3 is 6.09 Å². The molecule has 0 radical (unpaired) electrons. The summed E-state index contributed by atoms with van der Waals surface area (Å²) in [6.07, 6.45) is 9.09. The molecule has 1 aliphatic carbocycles. The van der Waals surface area contributed by atoms with Gasteiger partial charge in [-0.05, 0) is 31.6 Å².